The van der Waals surface area contributed by atoms with Crippen LogP contribution in [0.25, 0.3) is 0 Å². The van der Waals surface area contributed by atoms with E-state index in [2.05, 4.69) is 4.98 Å². The summed E-state index contributed by atoms with van der Waals surface area (Å²) < 4.78 is 0. The highest BCUT2D eigenvalue weighted by Gasteiger charge is 2.04. The molecule has 1 rings (SSSR count). The molecule has 0 fully saturated rings. The Bertz CT molecular complexity index is 350. The maximum atomic E-state index is 10.8. The van der Waals surface area contributed by atoms with E-state index in [0.29, 0.717) is 5.56 Å². The number of nitriles is 1. The fourth-order valence-electron chi connectivity index (χ4n) is 0.908. The van der Waals surface area contributed by atoms with Crippen LogP contribution in [0, 0.1) is 11.3 Å². The van der Waals surface area contributed by atoms with Crippen LogP contribution in [0.15, 0.2) is 23.1 Å². The van der Waals surface area contributed by atoms with Crippen molar-refractivity contribution in [2.75, 3.05) is 0 Å². The smallest absolute Gasteiger partial charge is 0.248 e. The molecule has 62 valence electrons. The van der Waals surface area contributed by atoms with Crippen LogP contribution in [-0.2, 0) is 0 Å². The lowest BCUT2D eigenvalue weighted by molar-refractivity contribution is 0.745. The number of nitrogens with two attached hydrogens (primary N) is 1. The van der Waals surface area contributed by atoms with Gasteiger partial charge in [0.05, 0.1) is 12.5 Å². The van der Waals surface area contributed by atoms with Crippen molar-refractivity contribution >= 4 is 0 Å². The van der Waals surface area contributed by atoms with Crippen LogP contribution >= 0.6 is 0 Å². The summed E-state index contributed by atoms with van der Waals surface area (Å²) >= 11 is 0. The summed E-state index contributed by atoms with van der Waals surface area (Å²) in [5.74, 6) is 0. The molecule has 0 radical (unpaired) electrons. The largest absolute Gasteiger partial charge is 0.329 e. The van der Waals surface area contributed by atoms with Gasteiger partial charge in [-0.15, -0.1) is 0 Å². The predicted octanol–water partition coefficient (Wildman–Crippen LogP) is 0.288. The lowest BCUT2D eigenvalue weighted by Crippen LogP contribution is -2.13. The summed E-state index contributed by atoms with van der Waals surface area (Å²) in [4.78, 5) is 13.3. The van der Waals surface area contributed by atoms with Gasteiger partial charge in [0, 0.05) is 18.3 Å². The Morgan fingerprint density at radius 3 is 3.08 bits per heavy atom. The Kier molecular flexibility index (Phi) is 2.62. The lowest BCUT2D eigenvalue weighted by atomic mass is 10.1. The molecule has 0 aliphatic rings. The van der Waals surface area contributed by atoms with Gasteiger partial charge in [-0.2, -0.15) is 5.26 Å². The van der Waals surface area contributed by atoms with Gasteiger partial charge in [-0.25, -0.2) is 0 Å². The van der Waals surface area contributed by atoms with Crippen LogP contribution in [0.4, 0.5) is 0 Å². The van der Waals surface area contributed by atoms with Crippen molar-refractivity contribution in [3.05, 3.63) is 34.2 Å². The zero-order chi connectivity index (χ0) is 8.97. The number of aromatic nitrogens is 1. The van der Waals surface area contributed by atoms with Crippen molar-refractivity contribution in [1.29, 1.82) is 5.26 Å². The molecule has 0 spiro atoms. The van der Waals surface area contributed by atoms with Gasteiger partial charge in [-0.1, -0.05) is 0 Å². The molecule has 0 aromatic carbocycles. The molecule has 1 heterocycles. The lowest BCUT2D eigenvalue weighted by Gasteiger charge is -2.05. The van der Waals surface area contributed by atoms with E-state index in [4.69, 9.17) is 11.0 Å². The van der Waals surface area contributed by atoms with Crippen LogP contribution in [-0.4, -0.2) is 4.98 Å². The number of pyridine rings is 1. The SMILES string of the molecule is N#CC[C@@H](N)c1cc[nH]c(=O)c1. The van der Waals surface area contributed by atoms with E-state index in [-0.39, 0.29) is 18.0 Å². The van der Waals surface area contributed by atoms with Gasteiger partial charge >= 0.3 is 0 Å². The molecule has 0 aliphatic heterocycles. The molecular formula is C8H9N3O. The normalized spacial score (nSPS) is 12.0. The third-order valence-corrected chi connectivity index (χ3v) is 1.54. The monoisotopic (exact) mass is 163 g/mol. The van der Waals surface area contributed by atoms with E-state index in [1.54, 1.807) is 6.07 Å². The molecule has 0 saturated carbocycles. The molecule has 1 aromatic heterocycles. The summed E-state index contributed by atoms with van der Waals surface area (Å²) in [6, 6.07) is 4.69. The fraction of sp³-hybridized carbons (Fsp3) is 0.250. The molecule has 4 nitrogen and oxygen atoms in total. The van der Waals surface area contributed by atoms with E-state index < -0.39 is 0 Å². The third-order valence-electron chi connectivity index (χ3n) is 1.54. The minimum Gasteiger partial charge on any atom is -0.329 e. The van der Waals surface area contributed by atoms with Crippen LogP contribution in [0.1, 0.15) is 18.0 Å². The van der Waals surface area contributed by atoms with Gasteiger partial charge in [0.15, 0.2) is 0 Å². The summed E-state index contributed by atoms with van der Waals surface area (Å²) in [5.41, 5.74) is 6.10. The number of H-pyrrole nitrogens is 1. The van der Waals surface area contributed by atoms with Gasteiger partial charge in [-0.3, -0.25) is 4.79 Å². The molecule has 0 unspecified atom stereocenters. The number of nitrogens with one attached hydrogen (secondary N) is 1. The Balaban J connectivity index is 2.89. The molecule has 0 saturated heterocycles. The van der Waals surface area contributed by atoms with E-state index in [0.717, 1.165) is 0 Å². The van der Waals surface area contributed by atoms with Crippen molar-refractivity contribution in [3.63, 3.8) is 0 Å². The Morgan fingerprint density at radius 2 is 2.50 bits per heavy atom. The average molecular weight is 163 g/mol. The average Bonchev–Trinajstić information content (AvgIpc) is 2.05. The number of rotatable bonds is 2. The third kappa shape index (κ3) is 1.94. The molecule has 0 aliphatic carbocycles. The van der Waals surface area contributed by atoms with Crippen molar-refractivity contribution in [2.45, 2.75) is 12.5 Å². The van der Waals surface area contributed by atoms with E-state index in [1.807, 2.05) is 6.07 Å². The van der Waals surface area contributed by atoms with Gasteiger partial charge < -0.3 is 10.7 Å². The molecule has 4 heteroatoms. The zero-order valence-electron chi connectivity index (χ0n) is 6.45. The van der Waals surface area contributed by atoms with E-state index in [9.17, 15) is 4.79 Å². The fourth-order valence-corrected chi connectivity index (χ4v) is 0.908. The molecular weight excluding hydrogens is 154 g/mol. The number of aromatic amines is 1. The predicted molar refractivity (Wildman–Crippen MR) is 44.2 cm³/mol. The van der Waals surface area contributed by atoms with Gasteiger partial charge in [0.1, 0.15) is 0 Å². The minimum absolute atomic E-state index is 0.194. The number of hydrogen-bond donors (Lipinski definition) is 2. The van der Waals surface area contributed by atoms with E-state index in [1.165, 1.54) is 12.3 Å². The highest BCUT2D eigenvalue weighted by Crippen LogP contribution is 2.09. The Labute approximate surface area is 69.6 Å². The zero-order valence-corrected chi connectivity index (χ0v) is 6.45. The topological polar surface area (TPSA) is 82.7 Å². The highest BCUT2D eigenvalue weighted by atomic mass is 16.1. The van der Waals surface area contributed by atoms with Gasteiger partial charge in [-0.05, 0) is 11.6 Å². The maximum Gasteiger partial charge on any atom is 0.248 e. The molecule has 0 bridgehead atoms. The molecule has 0 amide bonds. The van der Waals surface area contributed by atoms with Crippen molar-refractivity contribution in [3.8, 4) is 6.07 Å². The van der Waals surface area contributed by atoms with Gasteiger partial charge in [0.2, 0.25) is 5.56 Å². The second-order valence-electron chi connectivity index (χ2n) is 2.45. The second-order valence-corrected chi connectivity index (χ2v) is 2.45. The van der Waals surface area contributed by atoms with Crippen LogP contribution in [0.5, 0.6) is 0 Å². The summed E-state index contributed by atoms with van der Waals surface area (Å²) in [5, 5.41) is 8.35. The summed E-state index contributed by atoms with van der Waals surface area (Å²) in [6.07, 6.45) is 1.75. The summed E-state index contributed by atoms with van der Waals surface area (Å²) in [6.45, 7) is 0. The van der Waals surface area contributed by atoms with Crippen molar-refractivity contribution in [1.82, 2.24) is 4.98 Å². The van der Waals surface area contributed by atoms with Crippen LogP contribution in [0.2, 0.25) is 0 Å². The molecule has 12 heavy (non-hydrogen) atoms. The quantitative estimate of drug-likeness (QED) is 0.657. The van der Waals surface area contributed by atoms with Crippen LogP contribution < -0.4 is 11.3 Å². The number of nitrogens with zero attached hydrogens (tertiary/aromatic N) is 1. The first-order valence-corrected chi connectivity index (χ1v) is 3.55. The highest BCUT2D eigenvalue weighted by molar-refractivity contribution is 5.15. The first-order chi connectivity index (χ1) is 5.74. The van der Waals surface area contributed by atoms with Gasteiger partial charge in [0.25, 0.3) is 0 Å². The standard InChI is InChI=1S/C8H9N3O/c9-3-1-7(10)6-2-4-11-8(12)5-6/h2,4-5,7H,1,10H2,(H,11,12)/t7-/m1/s1. The molecule has 3 N–H and O–H groups in total. The Morgan fingerprint density at radius 1 is 1.75 bits per heavy atom. The second kappa shape index (κ2) is 3.69. The first kappa shape index (κ1) is 8.50. The van der Waals surface area contributed by atoms with Crippen molar-refractivity contribution < 1.29 is 0 Å². The molecule has 1 aromatic rings. The maximum absolute atomic E-state index is 10.8. The number of hydrogen-bond acceptors (Lipinski definition) is 3. The minimum atomic E-state index is -0.364. The van der Waals surface area contributed by atoms with Crippen LogP contribution in [0.3, 0.4) is 0 Å². The molecule has 1 atom stereocenters. The van der Waals surface area contributed by atoms with E-state index >= 15 is 0 Å². The first-order valence-electron chi connectivity index (χ1n) is 3.55. The van der Waals surface area contributed by atoms with Crippen molar-refractivity contribution in [2.24, 2.45) is 5.73 Å². The Hall–Kier alpha value is -1.60. The summed E-state index contributed by atoms with van der Waals surface area (Å²) in [7, 11) is 0.